The lowest BCUT2D eigenvalue weighted by Crippen LogP contribution is -2.44. The fourth-order valence-corrected chi connectivity index (χ4v) is 4.65. The van der Waals surface area contributed by atoms with E-state index in [1.807, 2.05) is 38.2 Å². The molecule has 0 atom stereocenters. The topological polar surface area (TPSA) is 119 Å². The second-order valence-corrected chi connectivity index (χ2v) is 9.86. The van der Waals surface area contributed by atoms with Crippen LogP contribution in [0, 0.1) is 5.92 Å². The van der Waals surface area contributed by atoms with Crippen LogP contribution in [0.5, 0.6) is 0 Å². The number of piperazine rings is 1. The Morgan fingerprint density at radius 2 is 1.84 bits per heavy atom. The first-order valence-electron chi connectivity index (χ1n) is 12.5. The Balaban J connectivity index is 1.36. The molecule has 6 heterocycles. The molecule has 0 aromatic carbocycles. The molecule has 37 heavy (non-hydrogen) atoms. The monoisotopic (exact) mass is 495 g/mol. The molecule has 1 fully saturated rings. The zero-order valence-electron chi connectivity index (χ0n) is 21.1. The molecule has 5 aromatic heterocycles. The SMILES string of the molecule is CC(C)C(=O)Nc1cncc(-c2cc3c(-c4cc5c(N6CCN(C)CC6)nccc5[nH]4)n[nH]c3cn2)c1. The predicted octanol–water partition coefficient (Wildman–Crippen LogP) is 3.91. The number of anilines is 2. The summed E-state index contributed by atoms with van der Waals surface area (Å²) in [7, 11) is 2.15. The Morgan fingerprint density at radius 1 is 1.00 bits per heavy atom. The van der Waals surface area contributed by atoms with Crippen LogP contribution in [0.4, 0.5) is 11.5 Å². The van der Waals surface area contributed by atoms with Gasteiger partial charge in [0, 0.05) is 60.8 Å². The highest BCUT2D eigenvalue weighted by Gasteiger charge is 2.20. The molecule has 6 rings (SSSR count). The summed E-state index contributed by atoms with van der Waals surface area (Å²) in [5, 5.41) is 12.7. The third-order valence-electron chi connectivity index (χ3n) is 6.86. The number of nitrogens with zero attached hydrogens (tertiary/aromatic N) is 6. The average molecular weight is 496 g/mol. The van der Waals surface area contributed by atoms with Gasteiger partial charge in [0.15, 0.2) is 0 Å². The van der Waals surface area contributed by atoms with E-state index in [0.717, 1.165) is 76.4 Å². The number of hydrogen-bond donors (Lipinski definition) is 3. The summed E-state index contributed by atoms with van der Waals surface area (Å²) < 4.78 is 0. The van der Waals surface area contributed by atoms with Crippen molar-refractivity contribution >= 4 is 39.2 Å². The number of amides is 1. The maximum absolute atomic E-state index is 12.1. The van der Waals surface area contributed by atoms with E-state index in [-0.39, 0.29) is 11.8 Å². The smallest absolute Gasteiger partial charge is 0.226 e. The molecule has 0 bridgehead atoms. The molecule has 1 aliphatic heterocycles. The summed E-state index contributed by atoms with van der Waals surface area (Å²) in [6, 6.07) is 8.03. The number of likely N-dealkylation sites (N-methyl/N-ethyl adjacent to an activating group) is 1. The van der Waals surface area contributed by atoms with Gasteiger partial charge in [0.2, 0.25) is 5.91 Å². The van der Waals surface area contributed by atoms with Crippen molar-refractivity contribution in [2.45, 2.75) is 13.8 Å². The lowest BCUT2D eigenvalue weighted by molar-refractivity contribution is -0.118. The first kappa shape index (κ1) is 23.1. The Bertz CT molecular complexity index is 1590. The maximum Gasteiger partial charge on any atom is 0.226 e. The van der Waals surface area contributed by atoms with Crippen LogP contribution in [0.3, 0.4) is 0 Å². The Labute approximate surface area is 214 Å². The quantitative estimate of drug-likeness (QED) is 0.338. The van der Waals surface area contributed by atoms with Gasteiger partial charge in [-0.1, -0.05) is 13.8 Å². The standard InChI is InChI=1S/C27H29N9O/c1-16(2)27(37)31-18-10-17(13-28-14-18)22-11-19-24(15-30-22)33-34-25(19)23-12-20-21(32-23)4-5-29-26(20)36-8-6-35(3)7-9-36/h4-5,10-16,32H,6-9H2,1-3H3,(H,31,37)(H,33,34). The van der Waals surface area contributed by atoms with Crippen LogP contribution in [-0.2, 0) is 4.79 Å². The lowest BCUT2D eigenvalue weighted by Gasteiger charge is -2.33. The summed E-state index contributed by atoms with van der Waals surface area (Å²) in [5.74, 6) is 0.834. The summed E-state index contributed by atoms with van der Waals surface area (Å²) in [4.78, 5) is 34.0. The second kappa shape index (κ2) is 9.29. The Hall–Kier alpha value is -4.31. The van der Waals surface area contributed by atoms with Gasteiger partial charge in [-0.3, -0.25) is 19.9 Å². The van der Waals surface area contributed by atoms with Gasteiger partial charge in [-0.2, -0.15) is 5.10 Å². The molecule has 0 aliphatic carbocycles. The molecule has 1 amide bonds. The molecule has 0 saturated carbocycles. The van der Waals surface area contributed by atoms with Gasteiger partial charge in [0.25, 0.3) is 0 Å². The summed E-state index contributed by atoms with van der Waals surface area (Å²) in [6.07, 6.45) is 7.03. The number of nitrogens with one attached hydrogen (secondary N) is 3. The van der Waals surface area contributed by atoms with Crippen molar-refractivity contribution in [2.24, 2.45) is 5.92 Å². The van der Waals surface area contributed by atoms with Crippen molar-refractivity contribution in [3.8, 4) is 22.6 Å². The first-order chi connectivity index (χ1) is 18.0. The minimum Gasteiger partial charge on any atom is -0.353 e. The molecule has 3 N–H and O–H groups in total. The van der Waals surface area contributed by atoms with Gasteiger partial charge in [0.05, 0.1) is 40.5 Å². The molecule has 1 aliphatic rings. The Morgan fingerprint density at radius 3 is 2.65 bits per heavy atom. The van der Waals surface area contributed by atoms with Crippen LogP contribution in [0.2, 0.25) is 0 Å². The highest BCUT2D eigenvalue weighted by molar-refractivity contribution is 5.99. The second-order valence-electron chi connectivity index (χ2n) is 9.86. The number of carbonyl (C=O) groups excluding carboxylic acids is 1. The molecule has 5 aromatic rings. The number of hydrogen-bond acceptors (Lipinski definition) is 7. The van der Waals surface area contributed by atoms with Crippen molar-refractivity contribution in [1.29, 1.82) is 0 Å². The molecule has 0 unspecified atom stereocenters. The van der Waals surface area contributed by atoms with E-state index < -0.39 is 0 Å². The average Bonchev–Trinajstić information content (AvgIpc) is 3.53. The number of aromatic amines is 2. The van der Waals surface area contributed by atoms with E-state index >= 15 is 0 Å². The molecule has 1 saturated heterocycles. The van der Waals surface area contributed by atoms with Crippen molar-refractivity contribution in [1.82, 2.24) is 35.0 Å². The van der Waals surface area contributed by atoms with Crippen LogP contribution in [-0.4, -0.2) is 74.2 Å². The zero-order valence-corrected chi connectivity index (χ0v) is 21.1. The third kappa shape index (κ3) is 4.40. The molecular weight excluding hydrogens is 466 g/mol. The molecule has 10 heteroatoms. The number of H-pyrrole nitrogens is 2. The highest BCUT2D eigenvalue weighted by Crippen LogP contribution is 2.33. The molecular formula is C27H29N9O. The van der Waals surface area contributed by atoms with E-state index in [1.54, 1.807) is 18.6 Å². The predicted molar refractivity (Wildman–Crippen MR) is 145 cm³/mol. The number of aromatic nitrogens is 6. The zero-order chi connectivity index (χ0) is 25.5. The first-order valence-corrected chi connectivity index (χ1v) is 12.5. The van der Waals surface area contributed by atoms with Crippen LogP contribution in [0.25, 0.3) is 44.5 Å². The minimum atomic E-state index is -0.116. The lowest BCUT2D eigenvalue weighted by atomic mass is 10.1. The molecule has 0 spiro atoms. The fourth-order valence-electron chi connectivity index (χ4n) is 4.65. The van der Waals surface area contributed by atoms with Crippen LogP contribution >= 0.6 is 0 Å². The van der Waals surface area contributed by atoms with Crippen molar-refractivity contribution in [3.05, 3.63) is 49.1 Å². The normalized spacial score (nSPS) is 14.6. The maximum atomic E-state index is 12.1. The molecule has 0 radical (unpaired) electrons. The molecule has 10 nitrogen and oxygen atoms in total. The van der Waals surface area contributed by atoms with Gasteiger partial charge < -0.3 is 20.1 Å². The van der Waals surface area contributed by atoms with Crippen molar-refractivity contribution in [3.63, 3.8) is 0 Å². The number of fused-ring (bicyclic) bond motifs is 2. The van der Waals surface area contributed by atoms with Gasteiger partial charge >= 0.3 is 0 Å². The van der Waals surface area contributed by atoms with Crippen LogP contribution < -0.4 is 10.2 Å². The summed E-state index contributed by atoms with van der Waals surface area (Å²) in [6.45, 7) is 7.66. The van der Waals surface area contributed by atoms with Crippen LogP contribution in [0.15, 0.2) is 49.1 Å². The number of carbonyl (C=O) groups is 1. The van der Waals surface area contributed by atoms with Gasteiger partial charge in [-0.25, -0.2) is 4.98 Å². The van der Waals surface area contributed by atoms with E-state index in [9.17, 15) is 4.79 Å². The number of pyridine rings is 3. The highest BCUT2D eigenvalue weighted by atomic mass is 16.1. The summed E-state index contributed by atoms with van der Waals surface area (Å²) in [5.41, 5.74) is 5.81. The fraction of sp³-hybridized carbons (Fsp3) is 0.296. The Kier molecular flexibility index (Phi) is 5.80. The van der Waals surface area contributed by atoms with E-state index in [2.05, 4.69) is 53.4 Å². The van der Waals surface area contributed by atoms with Crippen molar-refractivity contribution in [2.75, 3.05) is 43.4 Å². The minimum absolute atomic E-state index is 0.0521. The third-order valence-corrected chi connectivity index (χ3v) is 6.86. The number of rotatable bonds is 5. The molecule has 188 valence electrons. The largest absolute Gasteiger partial charge is 0.353 e. The van der Waals surface area contributed by atoms with Crippen LogP contribution in [0.1, 0.15) is 13.8 Å². The van der Waals surface area contributed by atoms with Gasteiger partial charge in [-0.05, 0) is 31.3 Å². The van der Waals surface area contributed by atoms with E-state index in [1.165, 1.54) is 0 Å². The van der Waals surface area contributed by atoms with Gasteiger partial charge in [0.1, 0.15) is 11.5 Å². The van der Waals surface area contributed by atoms with E-state index in [0.29, 0.717) is 5.69 Å². The van der Waals surface area contributed by atoms with Crippen molar-refractivity contribution < 1.29 is 4.79 Å². The van der Waals surface area contributed by atoms with E-state index in [4.69, 9.17) is 4.98 Å². The summed E-state index contributed by atoms with van der Waals surface area (Å²) >= 11 is 0. The van der Waals surface area contributed by atoms with Gasteiger partial charge in [-0.15, -0.1) is 0 Å².